The third-order valence-electron chi connectivity index (χ3n) is 5.34. The molecular formula is C22H2F6N6S2. The molecule has 5 rings (SSSR count). The van der Waals surface area contributed by atoms with Crippen molar-refractivity contribution < 1.29 is 26.3 Å². The van der Waals surface area contributed by atoms with E-state index >= 15 is 17.6 Å². The highest BCUT2D eigenvalue weighted by Crippen LogP contribution is 2.55. The predicted molar refractivity (Wildman–Crippen MR) is 117 cm³/mol. The molecule has 0 aromatic heterocycles. The van der Waals surface area contributed by atoms with Crippen LogP contribution in [0.15, 0.2) is 31.0 Å². The number of nitriles is 4. The minimum Gasteiger partial charge on any atom is -0.347 e. The number of nitrogens with one attached hydrogen (secondary N) is 2. The van der Waals surface area contributed by atoms with Crippen LogP contribution in [0, 0.1) is 80.2 Å². The maximum Gasteiger partial charge on any atom is 0.175 e. The van der Waals surface area contributed by atoms with Crippen LogP contribution >= 0.6 is 23.5 Å². The fraction of sp³-hybridized carbons (Fsp3) is 0. The van der Waals surface area contributed by atoms with Gasteiger partial charge in [-0.05, 0) is 0 Å². The van der Waals surface area contributed by atoms with Crippen LogP contribution in [-0.2, 0) is 0 Å². The van der Waals surface area contributed by atoms with Crippen LogP contribution in [0.3, 0.4) is 0 Å². The maximum absolute atomic E-state index is 15.9. The van der Waals surface area contributed by atoms with Gasteiger partial charge >= 0.3 is 0 Å². The number of benzene rings is 3. The van der Waals surface area contributed by atoms with Crippen molar-refractivity contribution in [3.8, 4) is 24.3 Å². The van der Waals surface area contributed by atoms with E-state index in [0.29, 0.717) is 23.5 Å². The van der Waals surface area contributed by atoms with Crippen LogP contribution in [0.5, 0.6) is 0 Å². The summed E-state index contributed by atoms with van der Waals surface area (Å²) in [5, 5.41) is 36.3. The van der Waals surface area contributed by atoms with Gasteiger partial charge in [0.2, 0.25) is 0 Å². The molecular weight excluding hydrogens is 526 g/mol. The summed E-state index contributed by atoms with van der Waals surface area (Å²) in [4.78, 5) is -1.13. The molecule has 14 heteroatoms. The first-order valence-electron chi connectivity index (χ1n) is 9.34. The topological polar surface area (TPSA) is 119 Å². The van der Waals surface area contributed by atoms with Crippen molar-refractivity contribution in [3.63, 3.8) is 0 Å². The lowest BCUT2D eigenvalue weighted by molar-refractivity contribution is 0.486. The molecule has 0 atom stereocenters. The van der Waals surface area contributed by atoms with Gasteiger partial charge < -0.3 is 10.6 Å². The Kier molecular flexibility index (Phi) is 5.19. The van der Waals surface area contributed by atoms with E-state index in [0.717, 1.165) is 0 Å². The van der Waals surface area contributed by atoms with Gasteiger partial charge in [0.15, 0.2) is 40.2 Å². The second-order valence-corrected chi connectivity index (χ2v) is 9.14. The van der Waals surface area contributed by atoms with Gasteiger partial charge in [-0.15, -0.1) is 0 Å². The number of rotatable bonds is 0. The Labute approximate surface area is 204 Å². The molecule has 36 heavy (non-hydrogen) atoms. The van der Waals surface area contributed by atoms with Crippen LogP contribution in [0.2, 0.25) is 0 Å². The van der Waals surface area contributed by atoms with Gasteiger partial charge in [0, 0.05) is 10.8 Å². The lowest BCUT2D eigenvalue weighted by atomic mass is 9.96. The number of thioether (sulfide) groups is 2. The minimum atomic E-state index is -2.00. The summed E-state index contributed by atoms with van der Waals surface area (Å²) in [5.74, 6) is -10.4. The zero-order chi connectivity index (χ0) is 26.0. The first kappa shape index (κ1) is 23.3. The summed E-state index contributed by atoms with van der Waals surface area (Å²) >= 11 is 0.817. The SMILES string of the molecule is N#CC(C#N)=C1Nc2c(c(F)c3c(c2F)c(F)c(F)c2c(F)c(F)c4c(c23)NC(=C(C#N)C#N)S4)S1. The van der Waals surface area contributed by atoms with Crippen molar-refractivity contribution in [2.24, 2.45) is 0 Å². The lowest BCUT2D eigenvalue weighted by Gasteiger charge is -2.16. The number of allylic oxidation sites excluding steroid dienone is 2. The Bertz CT molecular complexity index is 1820. The van der Waals surface area contributed by atoms with Crippen LogP contribution in [-0.4, -0.2) is 0 Å². The normalized spacial score (nSPS) is 13.3. The predicted octanol–water partition coefficient (Wildman–Crippen LogP) is 6.38. The van der Waals surface area contributed by atoms with Crippen LogP contribution in [0.1, 0.15) is 0 Å². The first-order valence-corrected chi connectivity index (χ1v) is 11.0. The minimum absolute atomic E-state index is 0.276. The Balaban J connectivity index is 1.99. The Hall–Kier alpha value is -4.50. The molecule has 0 amide bonds. The van der Waals surface area contributed by atoms with Crippen LogP contribution < -0.4 is 10.6 Å². The van der Waals surface area contributed by atoms with Crippen LogP contribution in [0.25, 0.3) is 21.5 Å². The highest BCUT2D eigenvalue weighted by Gasteiger charge is 2.37. The molecule has 2 heterocycles. The molecule has 3 aromatic rings. The van der Waals surface area contributed by atoms with Gasteiger partial charge in [0.25, 0.3) is 0 Å². The molecule has 3 aromatic carbocycles. The second-order valence-electron chi connectivity index (χ2n) is 7.10. The number of hydrogen-bond acceptors (Lipinski definition) is 8. The molecule has 6 nitrogen and oxygen atoms in total. The molecule has 0 radical (unpaired) electrons. The van der Waals surface area contributed by atoms with Gasteiger partial charge in [-0.1, -0.05) is 23.5 Å². The van der Waals surface area contributed by atoms with Crippen molar-refractivity contribution in [1.29, 1.82) is 21.0 Å². The third-order valence-corrected chi connectivity index (χ3v) is 7.54. The highest BCUT2D eigenvalue weighted by molar-refractivity contribution is 8.04. The van der Waals surface area contributed by atoms with Crippen LogP contribution in [0.4, 0.5) is 37.7 Å². The largest absolute Gasteiger partial charge is 0.347 e. The van der Waals surface area contributed by atoms with Gasteiger partial charge in [0.1, 0.15) is 40.2 Å². The summed E-state index contributed by atoms with van der Waals surface area (Å²) in [6.45, 7) is 0. The molecule has 2 aliphatic rings. The van der Waals surface area contributed by atoms with E-state index in [1.54, 1.807) is 0 Å². The van der Waals surface area contributed by atoms with Crippen molar-refractivity contribution in [3.05, 3.63) is 56.1 Å². The van der Waals surface area contributed by atoms with Gasteiger partial charge in [-0.2, -0.15) is 21.0 Å². The van der Waals surface area contributed by atoms with Crippen molar-refractivity contribution in [1.82, 2.24) is 0 Å². The average molecular weight is 528 g/mol. The number of nitrogens with zero attached hydrogens (tertiary/aromatic N) is 4. The third kappa shape index (κ3) is 2.86. The van der Waals surface area contributed by atoms with E-state index < -0.39 is 88.8 Å². The quantitative estimate of drug-likeness (QED) is 0.196. The van der Waals surface area contributed by atoms with E-state index in [-0.39, 0.29) is 10.1 Å². The van der Waals surface area contributed by atoms with Crippen molar-refractivity contribution >= 4 is 56.4 Å². The summed E-state index contributed by atoms with van der Waals surface area (Å²) < 4.78 is 91.3. The Morgan fingerprint density at radius 3 is 1.42 bits per heavy atom. The number of hydrogen-bond donors (Lipinski definition) is 2. The average Bonchev–Trinajstić information content (AvgIpc) is 3.50. The Morgan fingerprint density at radius 1 is 0.500 bits per heavy atom. The summed E-state index contributed by atoms with van der Waals surface area (Å²) in [6.07, 6.45) is 0. The summed E-state index contributed by atoms with van der Waals surface area (Å²) in [5.41, 5.74) is -2.29. The second kappa shape index (κ2) is 8.03. The van der Waals surface area contributed by atoms with E-state index in [4.69, 9.17) is 21.0 Å². The number of halogens is 6. The molecule has 0 unspecified atom stereocenters. The van der Waals surface area contributed by atoms with E-state index in [1.165, 1.54) is 24.3 Å². The molecule has 0 spiro atoms. The molecule has 0 aliphatic carbocycles. The number of anilines is 2. The molecule has 2 N–H and O–H groups in total. The molecule has 174 valence electrons. The molecule has 2 aliphatic heterocycles. The standard InChI is InChI=1S/C22H2F6N6S2/c23-11-9-7(15(27)19-18(14(9)26)34-22(35-19)6(3-31)4-32)8-10(12(11)24)13(25)16(28)20-17(8)33-21(36-20)5(1-29)2-30/h33-34H. The lowest BCUT2D eigenvalue weighted by Crippen LogP contribution is -2.04. The smallest absolute Gasteiger partial charge is 0.175 e. The van der Waals surface area contributed by atoms with E-state index in [2.05, 4.69) is 10.6 Å². The number of fused-ring (bicyclic) bond motifs is 6. The van der Waals surface area contributed by atoms with E-state index in [9.17, 15) is 8.78 Å². The fourth-order valence-corrected chi connectivity index (χ4v) is 5.81. The zero-order valence-corrected chi connectivity index (χ0v) is 18.5. The molecule has 0 fully saturated rings. The fourth-order valence-electron chi connectivity index (χ4n) is 3.84. The van der Waals surface area contributed by atoms with Gasteiger partial charge in [-0.3, -0.25) is 0 Å². The van der Waals surface area contributed by atoms with Crippen molar-refractivity contribution in [2.75, 3.05) is 10.6 Å². The molecule has 0 bridgehead atoms. The maximum atomic E-state index is 15.9. The zero-order valence-electron chi connectivity index (χ0n) is 16.9. The highest BCUT2D eigenvalue weighted by atomic mass is 32.2. The van der Waals surface area contributed by atoms with Crippen molar-refractivity contribution in [2.45, 2.75) is 9.79 Å². The monoisotopic (exact) mass is 528 g/mol. The molecule has 0 saturated carbocycles. The summed E-state index contributed by atoms with van der Waals surface area (Å²) in [7, 11) is 0. The summed E-state index contributed by atoms with van der Waals surface area (Å²) in [6, 6.07) is 6.12. The van der Waals surface area contributed by atoms with Gasteiger partial charge in [-0.25, -0.2) is 26.3 Å². The Morgan fingerprint density at radius 2 is 0.917 bits per heavy atom. The van der Waals surface area contributed by atoms with Gasteiger partial charge in [0.05, 0.1) is 31.9 Å². The first-order chi connectivity index (χ1) is 17.2. The van der Waals surface area contributed by atoms with E-state index in [1.807, 2.05) is 0 Å². The molecule has 0 saturated heterocycles.